The summed E-state index contributed by atoms with van der Waals surface area (Å²) in [6, 6.07) is 12.8. The van der Waals surface area contributed by atoms with Gasteiger partial charge in [0, 0.05) is 29.4 Å². The molecule has 0 unspecified atom stereocenters. The largest absolute Gasteiger partial charge is 0.264 e. The van der Waals surface area contributed by atoms with Crippen molar-refractivity contribution in [2.45, 2.75) is 39.5 Å². The summed E-state index contributed by atoms with van der Waals surface area (Å²) in [4.78, 5) is 9.00. The molecule has 0 radical (unpaired) electrons. The van der Waals surface area contributed by atoms with Crippen molar-refractivity contribution in [3.8, 4) is 0 Å². The zero-order valence-corrected chi connectivity index (χ0v) is 17.7. The molecule has 0 fully saturated rings. The molecule has 0 saturated heterocycles. The number of nitrogens with zero attached hydrogens (tertiary/aromatic N) is 2. The molecule has 2 heteroatoms. The Hall–Kier alpha value is -3.26. The fourth-order valence-corrected chi connectivity index (χ4v) is 4.78. The lowest BCUT2D eigenvalue weighted by Gasteiger charge is -2.12. The number of hydrogen-bond donors (Lipinski definition) is 0. The van der Waals surface area contributed by atoms with Crippen LogP contribution in [0.3, 0.4) is 0 Å². The summed E-state index contributed by atoms with van der Waals surface area (Å²) in [7, 11) is 0. The predicted molar refractivity (Wildman–Crippen MR) is 128 cm³/mol. The first-order valence-corrected chi connectivity index (χ1v) is 10.9. The Morgan fingerprint density at radius 2 is 1.73 bits per heavy atom. The number of benzene rings is 2. The molecule has 0 bridgehead atoms. The lowest BCUT2D eigenvalue weighted by Crippen LogP contribution is -2.32. The van der Waals surface area contributed by atoms with Crippen molar-refractivity contribution in [2.24, 2.45) is 0 Å². The SMILES string of the molecule is CCc1c2/c(c(C)c3cnccc13)=C\C(c1ccnc3ccccc13)=C/CCC\C=2. The summed E-state index contributed by atoms with van der Waals surface area (Å²) in [6.45, 7) is 4.51. The second kappa shape index (κ2) is 7.87. The minimum atomic E-state index is 1.02. The van der Waals surface area contributed by atoms with Gasteiger partial charge in [-0.05, 0) is 95.0 Å². The Balaban J connectivity index is 1.89. The smallest absolute Gasteiger partial charge is 0.0708 e. The first-order valence-electron chi connectivity index (χ1n) is 10.9. The van der Waals surface area contributed by atoms with Crippen molar-refractivity contribution in [2.75, 3.05) is 0 Å². The first-order chi connectivity index (χ1) is 14.8. The molecule has 148 valence electrons. The molecule has 4 aromatic rings. The summed E-state index contributed by atoms with van der Waals surface area (Å²) in [5.41, 5.74) is 6.35. The molecule has 30 heavy (non-hydrogen) atoms. The van der Waals surface area contributed by atoms with E-state index in [1.807, 2.05) is 18.6 Å². The molecule has 0 amide bonds. The van der Waals surface area contributed by atoms with Crippen LogP contribution in [0.5, 0.6) is 0 Å². The standard InChI is InChI=1S/C28H26N2/c1-3-21-23-10-6-4-5-9-20(22-14-16-30-28-12-8-7-11-25(22)28)17-26(23)19(2)27-18-29-15-13-24(21)27/h7-18H,3-6H2,1-2H3/b20-9+,23-10-,26-17-. The van der Waals surface area contributed by atoms with E-state index >= 15 is 0 Å². The minimum Gasteiger partial charge on any atom is -0.264 e. The second-order valence-corrected chi connectivity index (χ2v) is 8.02. The van der Waals surface area contributed by atoms with E-state index in [1.165, 1.54) is 48.9 Å². The van der Waals surface area contributed by atoms with Crippen molar-refractivity contribution in [1.29, 1.82) is 0 Å². The predicted octanol–water partition coefficient (Wildman–Crippen LogP) is 5.48. The van der Waals surface area contributed by atoms with Crippen LogP contribution in [0.1, 0.15) is 42.9 Å². The first kappa shape index (κ1) is 18.7. The molecule has 1 aliphatic carbocycles. The maximum absolute atomic E-state index is 4.57. The maximum Gasteiger partial charge on any atom is 0.0708 e. The van der Waals surface area contributed by atoms with Gasteiger partial charge in [0.1, 0.15) is 0 Å². The van der Waals surface area contributed by atoms with Gasteiger partial charge in [0.25, 0.3) is 0 Å². The van der Waals surface area contributed by atoms with Crippen molar-refractivity contribution >= 4 is 39.4 Å². The number of pyridine rings is 2. The van der Waals surface area contributed by atoms with Crippen molar-refractivity contribution in [3.05, 3.63) is 88.2 Å². The Labute approximate surface area is 177 Å². The maximum atomic E-state index is 4.57. The fourth-order valence-electron chi connectivity index (χ4n) is 4.78. The average molecular weight is 391 g/mol. The normalized spacial score (nSPS) is 18.1. The highest BCUT2D eigenvalue weighted by Crippen LogP contribution is 2.26. The van der Waals surface area contributed by atoms with E-state index in [1.54, 1.807) is 0 Å². The molecule has 0 N–H and O–H groups in total. The van der Waals surface area contributed by atoms with Crippen molar-refractivity contribution in [3.63, 3.8) is 0 Å². The van der Waals surface area contributed by atoms with Crippen LogP contribution in [0.15, 0.2) is 61.1 Å². The molecule has 2 nitrogen and oxygen atoms in total. The van der Waals surface area contributed by atoms with Gasteiger partial charge in [0.05, 0.1) is 5.52 Å². The lowest BCUT2D eigenvalue weighted by molar-refractivity contribution is 0.893. The Morgan fingerprint density at radius 3 is 2.63 bits per heavy atom. The molecule has 0 aliphatic heterocycles. The zero-order chi connectivity index (χ0) is 20.5. The highest BCUT2D eigenvalue weighted by Gasteiger charge is 2.11. The van der Waals surface area contributed by atoms with Crippen LogP contribution in [0.4, 0.5) is 0 Å². The molecule has 2 aromatic carbocycles. The third-order valence-electron chi connectivity index (χ3n) is 6.30. The molecular formula is C28H26N2. The number of hydrogen-bond acceptors (Lipinski definition) is 2. The number of para-hydroxylation sites is 1. The topological polar surface area (TPSA) is 25.8 Å². The second-order valence-electron chi connectivity index (χ2n) is 8.02. The monoisotopic (exact) mass is 390 g/mol. The number of rotatable bonds is 2. The molecular weight excluding hydrogens is 364 g/mol. The summed E-state index contributed by atoms with van der Waals surface area (Å²) in [6.07, 6.45) is 17.5. The number of fused-ring (bicyclic) bond motifs is 3. The summed E-state index contributed by atoms with van der Waals surface area (Å²) in [5.74, 6) is 0. The van der Waals surface area contributed by atoms with E-state index < -0.39 is 0 Å². The average Bonchev–Trinajstić information content (AvgIpc) is 2.90. The van der Waals surface area contributed by atoms with E-state index in [0.29, 0.717) is 0 Å². The summed E-state index contributed by atoms with van der Waals surface area (Å²) < 4.78 is 0. The van der Waals surface area contributed by atoms with Crippen LogP contribution in [-0.4, -0.2) is 9.97 Å². The number of aromatic nitrogens is 2. The third-order valence-corrected chi connectivity index (χ3v) is 6.30. The van der Waals surface area contributed by atoms with Crippen molar-refractivity contribution in [1.82, 2.24) is 9.97 Å². The van der Waals surface area contributed by atoms with Crippen LogP contribution in [0.2, 0.25) is 0 Å². The molecule has 5 rings (SSSR count). The van der Waals surface area contributed by atoms with Crippen LogP contribution < -0.4 is 10.4 Å². The van der Waals surface area contributed by atoms with Crippen molar-refractivity contribution < 1.29 is 0 Å². The Bertz CT molecular complexity index is 1410. The third kappa shape index (κ3) is 3.13. The van der Waals surface area contributed by atoms with Crippen LogP contribution in [0, 0.1) is 6.92 Å². The van der Waals surface area contributed by atoms with Crippen LogP contribution in [-0.2, 0) is 6.42 Å². The van der Waals surface area contributed by atoms with Gasteiger partial charge in [-0.3, -0.25) is 9.97 Å². The Kier molecular flexibility index (Phi) is 4.92. The van der Waals surface area contributed by atoms with Gasteiger partial charge in [-0.2, -0.15) is 0 Å². The number of aryl methyl sites for hydroxylation is 2. The quantitative estimate of drug-likeness (QED) is 0.453. The van der Waals surface area contributed by atoms with E-state index in [-0.39, 0.29) is 0 Å². The molecule has 0 spiro atoms. The van der Waals surface area contributed by atoms with Gasteiger partial charge in [0.2, 0.25) is 0 Å². The Morgan fingerprint density at radius 1 is 0.867 bits per heavy atom. The van der Waals surface area contributed by atoms with Gasteiger partial charge in [0.15, 0.2) is 0 Å². The van der Waals surface area contributed by atoms with E-state index in [4.69, 9.17) is 0 Å². The highest BCUT2D eigenvalue weighted by atomic mass is 14.6. The fraction of sp³-hybridized carbons (Fsp3) is 0.214. The molecule has 2 aromatic heterocycles. The lowest BCUT2D eigenvalue weighted by atomic mass is 9.93. The molecule has 1 aliphatic rings. The highest BCUT2D eigenvalue weighted by molar-refractivity contribution is 6.01. The zero-order valence-electron chi connectivity index (χ0n) is 17.7. The molecule has 0 atom stereocenters. The van der Waals surface area contributed by atoms with E-state index in [2.05, 4.69) is 78.4 Å². The minimum absolute atomic E-state index is 1.02. The van der Waals surface area contributed by atoms with E-state index in [0.717, 1.165) is 31.2 Å². The molecule has 0 saturated carbocycles. The molecule has 2 heterocycles. The number of allylic oxidation sites excluding steroid dienone is 2. The summed E-state index contributed by atoms with van der Waals surface area (Å²) in [5, 5.41) is 6.55. The van der Waals surface area contributed by atoms with Crippen LogP contribution in [0.25, 0.3) is 39.4 Å². The van der Waals surface area contributed by atoms with E-state index in [9.17, 15) is 0 Å². The summed E-state index contributed by atoms with van der Waals surface area (Å²) >= 11 is 0. The van der Waals surface area contributed by atoms with Crippen LogP contribution >= 0.6 is 0 Å². The van der Waals surface area contributed by atoms with Gasteiger partial charge < -0.3 is 0 Å². The van der Waals surface area contributed by atoms with Gasteiger partial charge in [-0.1, -0.05) is 37.3 Å². The van der Waals surface area contributed by atoms with Gasteiger partial charge in [-0.25, -0.2) is 0 Å². The van der Waals surface area contributed by atoms with Gasteiger partial charge in [-0.15, -0.1) is 0 Å². The van der Waals surface area contributed by atoms with Gasteiger partial charge >= 0.3 is 0 Å².